The summed E-state index contributed by atoms with van der Waals surface area (Å²) in [7, 11) is 0. The average Bonchev–Trinajstić information content (AvgIpc) is 3.92. The maximum Gasteiger partial charge on any atom is 0.145 e. The van der Waals surface area contributed by atoms with Gasteiger partial charge in [-0.1, -0.05) is 133 Å². The summed E-state index contributed by atoms with van der Waals surface area (Å²) < 4.78 is 7.18. The first-order valence-electron chi connectivity index (χ1n) is 18.8. The standard InChI is InChI=1S/C51H32N4/c1-3-15-33(16-4-1)51-52-49-41-23-9-7-19-37(41)38-20-8-10-24-42(38)50(49)55(51)36-29-27-35(28-30-36)54-46-26-14-12-22-40(46)44-31-47-43(32-48(44)54)39-21-11-13-25-45(39)53(47)34-17-5-2-6-18-34/h1-32H. The summed E-state index contributed by atoms with van der Waals surface area (Å²) in [6.45, 7) is 0. The van der Waals surface area contributed by atoms with Crippen LogP contribution in [0.3, 0.4) is 0 Å². The predicted octanol–water partition coefficient (Wildman–Crippen LogP) is 13.2. The van der Waals surface area contributed by atoms with Crippen molar-refractivity contribution in [3.8, 4) is 28.5 Å². The minimum Gasteiger partial charge on any atom is -0.309 e. The quantitative estimate of drug-likeness (QED) is 0.168. The molecule has 55 heavy (non-hydrogen) atoms. The van der Waals surface area contributed by atoms with Crippen molar-refractivity contribution >= 4 is 76.2 Å². The van der Waals surface area contributed by atoms with E-state index in [1.54, 1.807) is 0 Å². The Kier molecular flexibility index (Phi) is 6.31. The molecule has 3 heterocycles. The molecule has 0 saturated carbocycles. The summed E-state index contributed by atoms with van der Waals surface area (Å²) in [6, 6.07) is 70.0. The van der Waals surface area contributed by atoms with Crippen LogP contribution in [0.2, 0.25) is 0 Å². The summed E-state index contributed by atoms with van der Waals surface area (Å²) in [5, 5.41) is 9.76. The first-order valence-corrected chi connectivity index (χ1v) is 18.8. The van der Waals surface area contributed by atoms with Crippen molar-refractivity contribution in [1.82, 2.24) is 18.7 Å². The fourth-order valence-electron chi connectivity index (χ4n) is 9.05. The van der Waals surface area contributed by atoms with Crippen LogP contribution in [0.25, 0.3) is 105 Å². The molecule has 256 valence electrons. The van der Waals surface area contributed by atoms with E-state index in [9.17, 15) is 0 Å². The van der Waals surface area contributed by atoms with E-state index < -0.39 is 0 Å². The highest BCUT2D eigenvalue weighted by Gasteiger charge is 2.21. The van der Waals surface area contributed by atoms with Crippen molar-refractivity contribution in [3.63, 3.8) is 0 Å². The summed E-state index contributed by atoms with van der Waals surface area (Å²) in [5.41, 5.74) is 11.3. The maximum atomic E-state index is 5.43. The highest BCUT2D eigenvalue weighted by molar-refractivity contribution is 6.24. The molecule has 0 N–H and O–H groups in total. The van der Waals surface area contributed by atoms with E-state index in [-0.39, 0.29) is 0 Å². The molecule has 0 spiro atoms. The van der Waals surface area contributed by atoms with Gasteiger partial charge in [0, 0.05) is 54.9 Å². The molecule has 0 atom stereocenters. The van der Waals surface area contributed by atoms with Crippen LogP contribution >= 0.6 is 0 Å². The van der Waals surface area contributed by atoms with Crippen LogP contribution in [-0.2, 0) is 0 Å². The summed E-state index contributed by atoms with van der Waals surface area (Å²) in [4.78, 5) is 5.43. The number of hydrogen-bond acceptors (Lipinski definition) is 1. The largest absolute Gasteiger partial charge is 0.309 e. The summed E-state index contributed by atoms with van der Waals surface area (Å²) >= 11 is 0. The highest BCUT2D eigenvalue weighted by Crippen LogP contribution is 2.41. The topological polar surface area (TPSA) is 27.7 Å². The third kappa shape index (κ3) is 4.31. The van der Waals surface area contributed by atoms with Crippen LogP contribution in [-0.4, -0.2) is 18.7 Å². The van der Waals surface area contributed by atoms with Crippen molar-refractivity contribution < 1.29 is 0 Å². The van der Waals surface area contributed by atoms with E-state index in [1.807, 2.05) is 0 Å². The van der Waals surface area contributed by atoms with E-state index in [1.165, 1.54) is 59.8 Å². The van der Waals surface area contributed by atoms with Gasteiger partial charge in [-0.3, -0.25) is 4.57 Å². The number of nitrogens with zero attached hydrogens (tertiary/aromatic N) is 4. The molecule has 0 bridgehead atoms. The van der Waals surface area contributed by atoms with E-state index in [2.05, 4.69) is 208 Å². The number of imidazole rings is 1. The maximum absolute atomic E-state index is 5.43. The lowest BCUT2D eigenvalue weighted by atomic mass is 10.00. The molecule has 0 aliphatic rings. The van der Waals surface area contributed by atoms with Crippen molar-refractivity contribution in [3.05, 3.63) is 194 Å². The van der Waals surface area contributed by atoms with E-state index >= 15 is 0 Å². The Morgan fingerprint density at radius 2 is 0.709 bits per heavy atom. The van der Waals surface area contributed by atoms with Crippen molar-refractivity contribution in [2.45, 2.75) is 0 Å². The number of rotatable bonds is 4. The Bertz CT molecular complexity index is 3460. The van der Waals surface area contributed by atoms with Gasteiger partial charge in [0.2, 0.25) is 0 Å². The minimum absolute atomic E-state index is 0.930. The Hall–Kier alpha value is -7.43. The Balaban J connectivity index is 1.12. The third-order valence-corrected chi connectivity index (χ3v) is 11.4. The van der Waals surface area contributed by atoms with Gasteiger partial charge in [0.25, 0.3) is 0 Å². The molecule has 0 saturated heterocycles. The molecular formula is C51H32N4. The molecule has 0 fully saturated rings. The van der Waals surface area contributed by atoms with Gasteiger partial charge in [0.05, 0.1) is 33.1 Å². The van der Waals surface area contributed by atoms with Crippen LogP contribution in [0, 0.1) is 0 Å². The lowest BCUT2D eigenvalue weighted by Gasteiger charge is -2.14. The van der Waals surface area contributed by atoms with Gasteiger partial charge >= 0.3 is 0 Å². The zero-order valence-electron chi connectivity index (χ0n) is 29.8. The predicted molar refractivity (Wildman–Crippen MR) is 230 cm³/mol. The molecule has 12 aromatic rings. The zero-order valence-corrected chi connectivity index (χ0v) is 29.8. The lowest BCUT2D eigenvalue weighted by molar-refractivity contribution is 1.10. The Morgan fingerprint density at radius 3 is 1.29 bits per heavy atom. The molecule has 0 aliphatic carbocycles. The number of hydrogen-bond donors (Lipinski definition) is 0. The summed E-state index contributed by atoms with van der Waals surface area (Å²) in [5.74, 6) is 0.930. The second kappa shape index (κ2) is 11.5. The first-order chi connectivity index (χ1) is 27.3. The van der Waals surface area contributed by atoms with E-state index in [4.69, 9.17) is 4.98 Å². The second-order valence-electron chi connectivity index (χ2n) is 14.4. The van der Waals surface area contributed by atoms with Gasteiger partial charge in [-0.15, -0.1) is 0 Å². The Morgan fingerprint density at radius 1 is 0.291 bits per heavy atom. The molecular weight excluding hydrogens is 669 g/mol. The smallest absolute Gasteiger partial charge is 0.145 e. The van der Waals surface area contributed by atoms with Crippen LogP contribution in [0.1, 0.15) is 0 Å². The molecule has 9 aromatic carbocycles. The van der Waals surface area contributed by atoms with Crippen LogP contribution in [0.4, 0.5) is 0 Å². The van der Waals surface area contributed by atoms with Crippen LogP contribution in [0.15, 0.2) is 194 Å². The van der Waals surface area contributed by atoms with E-state index in [0.29, 0.717) is 0 Å². The SMILES string of the molecule is c1ccc(-c2nc3c4ccccc4c4ccccc4c3n2-c2ccc(-n3c4ccccc4c4cc5c(cc43)c3ccccc3n5-c3ccccc3)cc2)cc1. The highest BCUT2D eigenvalue weighted by atomic mass is 15.1. The molecule has 0 radical (unpaired) electrons. The monoisotopic (exact) mass is 700 g/mol. The van der Waals surface area contributed by atoms with E-state index in [0.717, 1.165) is 44.9 Å². The molecule has 0 amide bonds. The molecule has 0 unspecified atom stereocenters. The Labute approximate surface area is 316 Å². The van der Waals surface area contributed by atoms with Gasteiger partial charge in [-0.05, 0) is 71.4 Å². The molecule has 12 rings (SSSR count). The molecule has 0 aliphatic heterocycles. The number of fused-ring (bicyclic) bond motifs is 12. The van der Waals surface area contributed by atoms with Crippen molar-refractivity contribution in [1.29, 1.82) is 0 Å². The molecule has 3 aromatic heterocycles. The summed E-state index contributed by atoms with van der Waals surface area (Å²) in [6.07, 6.45) is 0. The minimum atomic E-state index is 0.930. The number of benzene rings is 9. The third-order valence-electron chi connectivity index (χ3n) is 11.4. The zero-order chi connectivity index (χ0) is 36.0. The number of para-hydroxylation sites is 3. The fraction of sp³-hybridized carbons (Fsp3) is 0. The molecule has 4 heteroatoms. The lowest BCUT2D eigenvalue weighted by Crippen LogP contribution is -2.00. The molecule has 4 nitrogen and oxygen atoms in total. The average molecular weight is 701 g/mol. The second-order valence-corrected chi connectivity index (χ2v) is 14.4. The van der Waals surface area contributed by atoms with Gasteiger partial charge < -0.3 is 9.13 Å². The van der Waals surface area contributed by atoms with Crippen LogP contribution < -0.4 is 0 Å². The van der Waals surface area contributed by atoms with Crippen molar-refractivity contribution in [2.75, 3.05) is 0 Å². The number of aromatic nitrogens is 4. The van der Waals surface area contributed by atoms with Gasteiger partial charge in [0.1, 0.15) is 5.82 Å². The van der Waals surface area contributed by atoms with Gasteiger partial charge in [-0.2, -0.15) is 0 Å². The first kappa shape index (κ1) is 30.1. The van der Waals surface area contributed by atoms with Crippen molar-refractivity contribution in [2.24, 2.45) is 0 Å². The fourth-order valence-corrected chi connectivity index (χ4v) is 9.05. The normalized spacial score (nSPS) is 12.0. The van der Waals surface area contributed by atoms with Gasteiger partial charge in [0.15, 0.2) is 0 Å². The van der Waals surface area contributed by atoms with Gasteiger partial charge in [-0.25, -0.2) is 4.98 Å². The van der Waals surface area contributed by atoms with Crippen LogP contribution in [0.5, 0.6) is 0 Å².